The summed E-state index contributed by atoms with van der Waals surface area (Å²) in [5.74, 6) is -0.414. The number of benzene rings is 1. The van der Waals surface area contributed by atoms with E-state index in [1.807, 2.05) is 32.0 Å². The number of carbonyl (C=O) groups is 2. The second-order valence-electron chi connectivity index (χ2n) is 5.92. The predicted octanol–water partition coefficient (Wildman–Crippen LogP) is 2.44. The summed E-state index contributed by atoms with van der Waals surface area (Å²) in [6.45, 7) is 7.60. The molecule has 0 spiro atoms. The standard InChI is InChI=1S/C16H23NO4/c1-11-7-12(2)9-13(8-11)21-6-5-14(18)17-16(3,4)10-15(19)20/h7-9H,5-6,10H2,1-4H3,(H,17,18)(H,19,20). The largest absolute Gasteiger partial charge is 0.493 e. The van der Waals surface area contributed by atoms with Gasteiger partial charge in [0.1, 0.15) is 5.75 Å². The lowest BCUT2D eigenvalue weighted by Gasteiger charge is -2.24. The van der Waals surface area contributed by atoms with E-state index >= 15 is 0 Å². The lowest BCUT2D eigenvalue weighted by Crippen LogP contribution is -2.45. The Hall–Kier alpha value is -2.04. The third kappa shape index (κ3) is 6.79. The van der Waals surface area contributed by atoms with Crippen molar-refractivity contribution in [3.8, 4) is 5.75 Å². The molecule has 0 unspecified atom stereocenters. The molecule has 0 saturated heterocycles. The molecule has 2 N–H and O–H groups in total. The SMILES string of the molecule is Cc1cc(C)cc(OCCC(=O)NC(C)(C)CC(=O)O)c1. The van der Waals surface area contributed by atoms with Crippen LogP contribution in [0.2, 0.25) is 0 Å². The van der Waals surface area contributed by atoms with Crippen molar-refractivity contribution < 1.29 is 19.4 Å². The molecule has 0 aromatic heterocycles. The number of hydrogen-bond acceptors (Lipinski definition) is 3. The van der Waals surface area contributed by atoms with Gasteiger partial charge in [0.15, 0.2) is 0 Å². The Morgan fingerprint density at radius 1 is 1.19 bits per heavy atom. The topological polar surface area (TPSA) is 75.6 Å². The zero-order valence-electron chi connectivity index (χ0n) is 13.0. The van der Waals surface area contributed by atoms with E-state index in [4.69, 9.17) is 9.84 Å². The summed E-state index contributed by atoms with van der Waals surface area (Å²) < 4.78 is 5.56. The molecule has 0 aliphatic carbocycles. The first-order valence-electron chi connectivity index (χ1n) is 6.92. The Morgan fingerprint density at radius 2 is 1.76 bits per heavy atom. The fraction of sp³-hybridized carbons (Fsp3) is 0.500. The van der Waals surface area contributed by atoms with E-state index in [0.717, 1.165) is 16.9 Å². The maximum absolute atomic E-state index is 11.8. The molecule has 0 heterocycles. The van der Waals surface area contributed by atoms with E-state index < -0.39 is 11.5 Å². The minimum Gasteiger partial charge on any atom is -0.493 e. The van der Waals surface area contributed by atoms with Gasteiger partial charge < -0.3 is 15.2 Å². The Kier molecular flexibility index (Phi) is 5.76. The highest BCUT2D eigenvalue weighted by atomic mass is 16.5. The Morgan fingerprint density at radius 3 is 2.29 bits per heavy atom. The molecule has 5 heteroatoms. The minimum atomic E-state index is -0.938. The number of carbonyl (C=O) groups excluding carboxylic acids is 1. The minimum absolute atomic E-state index is 0.114. The summed E-state index contributed by atoms with van der Waals surface area (Å²) in [4.78, 5) is 22.5. The van der Waals surface area contributed by atoms with Gasteiger partial charge >= 0.3 is 5.97 Å². The van der Waals surface area contributed by atoms with Crippen LogP contribution in [0.4, 0.5) is 0 Å². The monoisotopic (exact) mass is 293 g/mol. The first-order chi connectivity index (χ1) is 9.68. The van der Waals surface area contributed by atoms with Crippen LogP contribution in [0.15, 0.2) is 18.2 Å². The number of aliphatic carboxylic acids is 1. The molecule has 0 aliphatic rings. The summed E-state index contributed by atoms with van der Waals surface area (Å²) in [6.07, 6.45) is 0.0761. The van der Waals surface area contributed by atoms with Crippen molar-refractivity contribution in [3.63, 3.8) is 0 Å². The zero-order valence-corrected chi connectivity index (χ0v) is 13.0. The van der Waals surface area contributed by atoms with Gasteiger partial charge in [-0.2, -0.15) is 0 Å². The Labute approximate surface area is 125 Å². The van der Waals surface area contributed by atoms with E-state index in [2.05, 4.69) is 5.32 Å². The van der Waals surface area contributed by atoms with Crippen LogP contribution in [0.3, 0.4) is 0 Å². The second-order valence-corrected chi connectivity index (χ2v) is 5.92. The van der Waals surface area contributed by atoms with Gasteiger partial charge in [-0.05, 0) is 51.0 Å². The molecule has 0 radical (unpaired) electrons. The molecule has 0 bridgehead atoms. The average molecular weight is 293 g/mol. The first kappa shape index (κ1) is 17.0. The van der Waals surface area contributed by atoms with E-state index in [9.17, 15) is 9.59 Å². The second kappa shape index (κ2) is 7.11. The van der Waals surface area contributed by atoms with E-state index in [1.165, 1.54) is 0 Å². The number of nitrogens with one attached hydrogen (secondary N) is 1. The smallest absolute Gasteiger partial charge is 0.305 e. The van der Waals surface area contributed by atoms with Crippen LogP contribution in [0.25, 0.3) is 0 Å². The molecule has 1 aromatic carbocycles. The molecular weight excluding hydrogens is 270 g/mol. The van der Waals surface area contributed by atoms with Crippen LogP contribution in [-0.4, -0.2) is 29.1 Å². The summed E-state index contributed by atoms with van der Waals surface area (Å²) >= 11 is 0. The lowest BCUT2D eigenvalue weighted by molar-refractivity contribution is -0.138. The fourth-order valence-electron chi connectivity index (χ4n) is 2.14. The summed E-state index contributed by atoms with van der Waals surface area (Å²) in [6, 6.07) is 5.88. The Bertz CT molecular complexity index is 503. The van der Waals surface area contributed by atoms with Gasteiger partial charge in [-0.1, -0.05) is 6.07 Å². The highest BCUT2D eigenvalue weighted by Gasteiger charge is 2.23. The number of carboxylic acids is 1. The van der Waals surface area contributed by atoms with Crippen LogP contribution in [0.5, 0.6) is 5.75 Å². The third-order valence-electron chi connectivity index (χ3n) is 2.86. The van der Waals surface area contributed by atoms with Gasteiger partial charge in [0.2, 0.25) is 5.91 Å². The summed E-state index contributed by atoms with van der Waals surface area (Å²) in [5.41, 5.74) is 1.46. The quantitative estimate of drug-likeness (QED) is 0.809. The average Bonchev–Trinajstić information content (AvgIpc) is 2.24. The number of aryl methyl sites for hydroxylation is 2. The molecule has 0 aliphatic heterocycles. The molecule has 5 nitrogen and oxygen atoms in total. The molecule has 116 valence electrons. The number of ether oxygens (including phenoxy) is 1. The lowest BCUT2D eigenvalue weighted by atomic mass is 10.0. The maximum Gasteiger partial charge on any atom is 0.305 e. The van der Waals surface area contributed by atoms with Crippen molar-refractivity contribution in [2.75, 3.05) is 6.61 Å². The van der Waals surface area contributed by atoms with Gasteiger partial charge in [0.05, 0.1) is 19.4 Å². The van der Waals surface area contributed by atoms with Crippen molar-refractivity contribution in [1.29, 1.82) is 0 Å². The maximum atomic E-state index is 11.8. The van der Waals surface area contributed by atoms with Crippen molar-refractivity contribution in [2.45, 2.75) is 46.1 Å². The van der Waals surface area contributed by atoms with Crippen molar-refractivity contribution in [2.24, 2.45) is 0 Å². The molecule has 1 rings (SSSR count). The Balaban J connectivity index is 2.41. The highest BCUT2D eigenvalue weighted by Crippen LogP contribution is 2.16. The highest BCUT2D eigenvalue weighted by molar-refractivity contribution is 5.78. The van der Waals surface area contributed by atoms with Gasteiger partial charge in [-0.25, -0.2) is 0 Å². The molecule has 1 aromatic rings. The normalized spacial score (nSPS) is 11.0. The van der Waals surface area contributed by atoms with Crippen LogP contribution in [-0.2, 0) is 9.59 Å². The predicted molar refractivity (Wildman–Crippen MR) is 80.5 cm³/mol. The number of amides is 1. The van der Waals surface area contributed by atoms with E-state index in [1.54, 1.807) is 13.8 Å². The first-order valence-corrected chi connectivity index (χ1v) is 6.92. The zero-order chi connectivity index (χ0) is 16.0. The van der Waals surface area contributed by atoms with Crippen LogP contribution in [0, 0.1) is 13.8 Å². The van der Waals surface area contributed by atoms with E-state index in [-0.39, 0.29) is 25.4 Å². The van der Waals surface area contributed by atoms with Gasteiger partial charge in [-0.3, -0.25) is 9.59 Å². The summed E-state index contributed by atoms with van der Waals surface area (Å²) in [7, 11) is 0. The van der Waals surface area contributed by atoms with Crippen molar-refractivity contribution >= 4 is 11.9 Å². The molecule has 1 amide bonds. The number of hydrogen-bond donors (Lipinski definition) is 2. The van der Waals surface area contributed by atoms with Crippen LogP contribution in [0.1, 0.15) is 37.8 Å². The van der Waals surface area contributed by atoms with Crippen LogP contribution < -0.4 is 10.1 Å². The summed E-state index contributed by atoms with van der Waals surface area (Å²) in [5, 5.41) is 11.5. The van der Waals surface area contributed by atoms with Gasteiger partial charge in [0, 0.05) is 5.54 Å². The fourth-order valence-corrected chi connectivity index (χ4v) is 2.14. The molecule has 0 saturated carbocycles. The van der Waals surface area contributed by atoms with Crippen molar-refractivity contribution in [3.05, 3.63) is 29.3 Å². The molecule has 0 fully saturated rings. The molecule has 21 heavy (non-hydrogen) atoms. The van der Waals surface area contributed by atoms with E-state index in [0.29, 0.717) is 0 Å². The van der Waals surface area contributed by atoms with Gasteiger partial charge in [-0.15, -0.1) is 0 Å². The number of carboxylic acid groups (broad SMARTS) is 1. The van der Waals surface area contributed by atoms with Gasteiger partial charge in [0.25, 0.3) is 0 Å². The molecular formula is C16H23NO4. The molecule has 0 atom stereocenters. The number of rotatable bonds is 7. The van der Waals surface area contributed by atoms with Crippen molar-refractivity contribution in [1.82, 2.24) is 5.32 Å². The van der Waals surface area contributed by atoms with Crippen LogP contribution >= 0.6 is 0 Å². The third-order valence-corrected chi connectivity index (χ3v) is 2.86.